The Kier molecular flexibility index (Phi) is 5.99. The van der Waals surface area contributed by atoms with E-state index in [1.54, 1.807) is 0 Å². The highest BCUT2D eigenvalue weighted by atomic mass is 16.5. The van der Waals surface area contributed by atoms with Gasteiger partial charge in [-0.1, -0.05) is 19.8 Å². The van der Waals surface area contributed by atoms with Gasteiger partial charge >= 0.3 is 0 Å². The van der Waals surface area contributed by atoms with Crippen LogP contribution in [0.25, 0.3) is 0 Å². The van der Waals surface area contributed by atoms with Gasteiger partial charge in [0.15, 0.2) is 0 Å². The molecular weight excluding hydrogens is 202 g/mol. The number of carbonyl (C=O) groups is 1. The fraction of sp³-hybridized carbons (Fsp3) is 0.923. The van der Waals surface area contributed by atoms with Crippen molar-refractivity contribution in [3.05, 3.63) is 0 Å². The second-order valence-electron chi connectivity index (χ2n) is 4.75. The van der Waals surface area contributed by atoms with Crippen molar-refractivity contribution in [1.82, 2.24) is 4.90 Å². The average Bonchev–Trinajstić information content (AvgIpc) is 2.77. The Morgan fingerprint density at radius 1 is 1.31 bits per heavy atom. The molecule has 0 aromatic heterocycles. The molecule has 0 saturated heterocycles. The molecule has 0 atom stereocenters. The third-order valence-electron chi connectivity index (χ3n) is 3.59. The molecule has 1 fully saturated rings. The molecule has 1 rings (SSSR count). The first-order chi connectivity index (χ1) is 7.76. The van der Waals surface area contributed by atoms with E-state index in [0.717, 1.165) is 45.7 Å². The van der Waals surface area contributed by atoms with Gasteiger partial charge in [0.05, 0.1) is 6.61 Å². The van der Waals surface area contributed by atoms with Crippen molar-refractivity contribution in [2.75, 3.05) is 32.8 Å². The van der Waals surface area contributed by atoms with Crippen LogP contribution in [0.3, 0.4) is 0 Å². The molecule has 16 heavy (non-hydrogen) atoms. The molecule has 0 spiro atoms. The van der Waals surface area contributed by atoms with Gasteiger partial charge in [0.1, 0.15) is 6.29 Å². The number of rotatable bonds is 8. The van der Waals surface area contributed by atoms with Crippen molar-refractivity contribution in [1.29, 1.82) is 0 Å². The number of nitrogens with zero attached hydrogens (tertiary/aromatic N) is 1. The Bertz CT molecular complexity index is 200. The summed E-state index contributed by atoms with van der Waals surface area (Å²) in [6.07, 6.45) is 5.76. The van der Waals surface area contributed by atoms with Crippen molar-refractivity contribution >= 4 is 6.29 Å². The lowest BCUT2D eigenvalue weighted by atomic mass is 9.87. The lowest BCUT2D eigenvalue weighted by Gasteiger charge is -2.30. The summed E-state index contributed by atoms with van der Waals surface area (Å²) in [7, 11) is 0. The molecule has 1 aliphatic carbocycles. The highest BCUT2D eigenvalue weighted by molar-refractivity contribution is 5.60. The van der Waals surface area contributed by atoms with Crippen LogP contribution in [0.15, 0.2) is 0 Å². The van der Waals surface area contributed by atoms with Gasteiger partial charge in [-0.2, -0.15) is 0 Å². The Hall–Kier alpha value is -0.410. The van der Waals surface area contributed by atoms with Crippen LogP contribution in [0, 0.1) is 5.41 Å². The van der Waals surface area contributed by atoms with Crippen LogP contribution in [-0.4, -0.2) is 44.0 Å². The molecule has 0 N–H and O–H groups in total. The number of carbonyl (C=O) groups excluding carboxylic acids is 1. The van der Waals surface area contributed by atoms with Gasteiger partial charge in [0.25, 0.3) is 0 Å². The molecule has 0 heterocycles. The van der Waals surface area contributed by atoms with Crippen LogP contribution in [0.2, 0.25) is 0 Å². The van der Waals surface area contributed by atoms with Crippen molar-refractivity contribution in [2.24, 2.45) is 5.41 Å². The van der Waals surface area contributed by atoms with Crippen molar-refractivity contribution in [3.63, 3.8) is 0 Å². The standard InChI is InChI=1S/C13H25NO2/c1-3-14(9-10-16-4-2)11-13(12-15)7-5-6-8-13/h12H,3-11H2,1-2H3. The van der Waals surface area contributed by atoms with Gasteiger partial charge in [0.2, 0.25) is 0 Å². The van der Waals surface area contributed by atoms with Crippen LogP contribution in [-0.2, 0) is 9.53 Å². The molecule has 0 radical (unpaired) electrons. The quantitative estimate of drug-likeness (QED) is 0.470. The lowest BCUT2D eigenvalue weighted by Crippen LogP contribution is -2.39. The Morgan fingerprint density at radius 2 is 2.00 bits per heavy atom. The van der Waals surface area contributed by atoms with Crippen LogP contribution in [0.4, 0.5) is 0 Å². The lowest BCUT2D eigenvalue weighted by molar-refractivity contribution is -0.117. The van der Waals surface area contributed by atoms with Gasteiger partial charge in [-0.25, -0.2) is 0 Å². The fourth-order valence-electron chi connectivity index (χ4n) is 2.52. The topological polar surface area (TPSA) is 29.5 Å². The molecule has 0 aromatic rings. The maximum atomic E-state index is 11.3. The van der Waals surface area contributed by atoms with E-state index in [0.29, 0.717) is 0 Å². The molecule has 0 aliphatic heterocycles. The van der Waals surface area contributed by atoms with Gasteiger partial charge in [-0.3, -0.25) is 0 Å². The maximum absolute atomic E-state index is 11.3. The monoisotopic (exact) mass is 227 g/mol. The zero-order valence-electron chi connectivity index (χ0n) is 10.7. The fourth-order valence-corrected chi connectivity index (χ4v) is 2.52. The molecule has 0 amide bonds. The van der Waals surface area contributed by atoms with E-state index in [1.165, 1.54) is 19.1 Å². The smallest absolute Gasteiger partial charge is 0.127 e. The summed E-state index contributed by atoms with van der Waals surface area (Å²) in [6.45, 7) is 8.58. The summed E-state index contributed by atoms with van der Waals surface area (Å²) in [5.74, 6) is 0. The van der Waals surface area contributed by atoms with E-state index in [-0.39, 0.29) is 5.41 Å². The molecular formula is C13H25NO2. The zero-order chi connectivity index (χ0) is 11.9. The summed E-state index contributed by atoms with van der Waals surface area (Å²) >= 11 is 0. The summed E-state index contributed by atoms with van der Waals surface area (Å²) in [6, 6.07) is 0. The van der Waals surface area contributed by atoms with Gasteiger partial charge in [0, 0.05) is 25.1 Å². The SMILES string of the molecule is CCOCCN(CC)CC1(C=O)CCCC1. The number of likely N-dealkylation sites (N-methyl/N-ethyl adjacent to an activating group) is 1. The van der Waals surface area contributed by atoms with Gasteiger partial charge in [-0.15, -0.1) is 0 Å². The van der Waals surface area contributed by atoms with Crippen molar-refractivity contribution in [2.45, 2.75) is 39.5 Å². The van der Waals surface area contributed by atoms with Crippen LogP contribution >= 0.6 is 0 Å². The molecule has 0 bridgehead atoms. The molecule has 3 nitrogen and oxygen atoms in total. The predicted molar refractivity (Wildman–Crippen MR) is 65.6 cm³/mol. The van der Waals surface area contributed by atoms with E-state index < -0.39 is 0 Å². The van der Waals surface area contributed by atoms with E-state index in [4.69, 9.17) is 4.74 Å². The van der Waals surface area contributed by atoms with Crippen LogP contribution in [0.1, 0.15) is 39.5 Å². The second kappa shape index (κ2) is 7.02. The van der Waals surface area contributed by atoms with Crippen molar-refractivity contribution in [3.8, 4) is 0 Å². The van der Waals surface area contributed by atoms with E-state index in [2.05, 4.69) is 11.8 Å². The maximum Gasteiger partial charge on any atom is 0.127 e. The predicted octanol–water partition coefficient (Wildman–Crippen LogP) is 2.10. The minimum Gasteiger partial charge on any atom is -0.380 e. The first-order valence-electron chi connectivity index (χ1n) is 6.53. The Balaban J connectivity index is 2.38. The summed E-state index contributed by atoms with van der Waals surface area (Å²) in [5.41, 5.74) is -0.0533. The Morgan fingerprint density at radius 3 is 2.50 bits per heavy atom. The summed E-state index contributed by atoms with van der Waals surface area (Å²) < 4.78 is 5.37. The number of hydrogen-bond acceptors (Lipinski definition) is 3. The highest BCUT2D eigenvalue weighted by Gasteiger charge is 2.34. The largest absolute Gasteiger partial charge is 0.380 e. The van der Waals surface area contributed by atoms with E-state index in [1.807, 2.05) is 6.92 Å². The third-order valence-corrected chi connectivity index (χ3v) is 3.59. The molecule has 1 aliphatic rings. The van der Waals surface area contributed by atoms with Gasteiger partial charge < -0.3 is 14.4 Å². The minimum absolute atomic E-state index is 0.0533. The summed E-state index contributed by atoms with van der Waals surface area (Å²) in [4.78, 5) is 13.6. The van der Waals surface area contributed by atoms with E-state index in [9.17, 15) is 4.79 Å². The minimum atomic E-state index is -0.0533. The Labute approximate surface area is 99.1 Å². The average molecular weight is 227 g/mol. The second-order valence-corrected chi connectivity index (χ2v) is 4.75. The van der Waals surface area contributed by atoms with Crippen molar-refractivity contribution < 1.29 is 9.53 Å². The third kappa shape index (κ3) is 3.87. The van der Waals surface area contributed by atoms with Gasteiger partial charge in [-0.05, 0) is 26.3 Å². The van der Waals surface area contributed by atoms with E-state index >= 15 is 0 Å². The number of hydrogen-bond donors (Lipinski definition) is 0. The molecule has 94 valence electrons. The summed E-state index contributed by atoms with van der Waals surface area (Å²) in [5, 5.41) is 0. The number of aldehydes is 1. The van der Waals surface area contributed by atoms with Crippen LogP contribution in [0.5, 0.6) is 0 Å². The number of ether oxygens (including phenoxy) is 1. The highest BCUT2D eigenvalue weighted by Crippen LogP contribution is 2.36. The zero-order valence-corrected chi connectivity index (χ0v) is 10.7. The molecule has 3 heteroatoms. The normalized spacial score (nSPS) is 19.2. The first-order valence-corrected chi connectivity index (χ1v) is 6.53. The molecule has 0 unspecified atom stereocenters. The molecule has 1 saturated carbocycles. The van der Waals surface area contributed by atoms with Crippen LogP contribution < -0.4 is 0 Å². The molecule has 0 aromatic carbocycles. The first kappa shape index (κ1) is 13.7.